The Balaban J connectivity index is 1.25. The maximum Gasteiger partial charge on any atom is 0.416 e. The lowest BCUT2D eigenvalue weighted by atomic mass is 10.1. The van der Waals surface area contributed by atoms with Crippen molar-refractivity contribution >= 4 is 17.6 Å². The van der Waals surface area contributed by atoms with Gasteiger partial charge in [0.1, 0.15) is 6.33 Å². The molecule has 2 fully saturated rings. The fourth-order valence-corrected chi connectivity index (χ4v) is 3.87. The zero-order chi connectivity index (χ0) is 20.6. The highest BCUT2D eigenvalue weighted by Crippen LogP contribution is 2.32. The van der Waals surface area contributed by atoms with Crippen LogP contribution in [0.1, 0.15) is 23.6 Å². The predicted octanol–water partition coefficient (Wildman–Crippen LogP) is 2.19. The van der Waals surface area contributed by atoms with Crippen molar-refractivity contribution in [3.63, 3.8) is 0 Å². The molecule has 0 aliphatic carbocycles. The van der Waals surface area contributed by atoms with E-state index in [0.29, 0.717) is 31.7 Å². The monoisotopic (exact) mass is 429 g/mol. The summed E-state index contributed by atoms with van der Waals surface area (Å²) in [6.07, 6.45) is -2.10. The fourth-order valence-electron chi connectivity index (χ4n) is 3.61. The van der Waals surface area contributed by atoms with Gasteiger partial charge < -0.3 is 15.1 Å². The molecule has 29 heavy (non-hydrogen) atoms. The van der Waals surface area contributed by atoms with Gasteiger partial charge in [-0.2, -0.15) is 13.2 Å². The van der Waals surface area contributed by atoms with Crippen LogP contribution in [-0.2, 0) is 12.7 Å². The smallest absolute Gasteiger partial charge is 0.322 e. The first kappa shape index (κ1) is 19.9. The molecule has 1 atom stereocenters. The molecule has 2 aromatic rings. The maximum absolute atomic E-state index is 12.9. The van der Waals surface area contributed by atoms with Gasteiger partial charge in [-0.1, -0.05) is 11.6 Å². The molecule has 2 saturated heterocycles. The predicted molar refractivity (Wildman–Crippen MR) is 97.1 cm³/mol. The molecular weight excluding hydrogens is 411 g/mol. The lowest BCUT2D eigenvalue weighted by Gasteiger charge is -2.41. The Morgan fingerprint density at radius 1 is 1.21 bits per heavy atom. The molecule has 1 N–H and O–H groups in total. The molecule has 4 rings (SSSR count). The summed E-state index contributed by atoms with van der Waals surface area (Å²) in [7, 11) is 0. The second-order valence-corrected chi connectivity index (χ2v) is 7.73. The Kier molecular flexibility index (Phi) is 5.34. The minimum atomic E-state index is -4.44. The molecule has 2 aliphatic heterocycles. The number of urea groups is 1. The molecule has 0 unspecified atom stereocenters. The van der Waals surface area contributed by atoms with Crippen LogP contribution in [0.5, 0.6) is 0 Å². The largest absolute Gasteiger partial charge is 0.416 e. The van der Waals surface area contributed by atoms with Gasteiger partial charge in [-0.05, 0) is 40.6 Å². The standard InChI is InChI=1S/C17H19ClF3N7O/c18-13-4-11(3-12(5-13)17(19,20)21)6-22-14-7-27(8-14)16(29)26-2-1-15(9-26)28-10-23-24-25-28/h3-5,10,14-15,22H,1-2,6-9H2/t15-/m0/s1. The Hall–Kier alpha value is -2.40. The minimum absolute atomic E-state index is 0.0326. The van der Waals surface area contributed by atoms with Crippen LogP contribution >= 0.6 is 11.6 Å². The van der Waals surface area contributed by atoms with Crippen LogP contribution in [0.25, 0.3) is 0 Å². The van der Waals surface area contributed by atoms with Crippen LogP contribution in [0.4, 0.5) is 18.0 Å². The van der Waals surface area contributed by atoms with Crippen molar-refractivity contribution in [2.45, 2.75) is 31.2 Å². The maximum atomic E-state index is 12.9. The van der Waals surface area contributed by atoms with Gasteiger partial charge >= 0.3 is 12.2 Å². The molecule has 2 amide bonds. The molecule has 1 aromatic heterocycles. The van der Waals surface area contributed by atoms with E-state index in [4.69, 9.17) is 11.6 Å². The Labute approximate surface area is 169 Å². The number of amides is 2. The number of nitrogens with one attached hydrogen (secondary N) is 1. The summed E-state index contributed by atoms with van der Waals surface area (Å²) < 4.78 is 40.3. The van der Waals surface area contributed by atoms with Crippen molar-refractivity contribution in [3.8, 4) is 0 Å². The van der Waals surface area contributed by atoms with Crippen LogP contribution in [0.2, 0.25) is 5.02 Å². The number of nitrogens with zero attached hydrogens (tertiary/aromatic N) is 6. The second-order valence-electron chi connectivity index (χ2n) is 7.29. The number of carbonyl (C=O) groups excluding carboxylic acids is 1. The number of aromatic nitrogens is 4. The quantitative estimate of drug-likeness (QED) is 0.806. The van der Waals surface area contributed by atoms with Gasteiger partial charge in [0.2, 0.25) is 0 Å². The third-order valence-corrected chi connectivity index (χ3v) is 5.42. The number of carbonyl (C=O) groups is 1. The van der Waals surface area contributed by atoms with Gasteiger partial charge in [0, 0.05) is 43.8 Å². The summed E-state index contributed by atoms with van der Waals surface area (Å²) in [6, 6.07) is 3.58. The third-order valence-electron chi connectivity index (χ3n) is 5.20. The number of benzene rings is 1. The van der Waals surface area contributed by atoms with Gasteiger partial charge in [-0.25, -0.2) is 9.48 Å². The highest BCUT2D eigenvalue weighted by Gasteiger charge is 2.37. The lowest BCUT2D eigenvalue weighted by Crippen LogP contribution is -2.62. The molecule has 0 spiro atoms. The topological polar surface area (TPSA) is 79.2 Å². The molecule has 1 aromatic carbocycles. The van der Waals surface area contributed by atoms with Crippen molar-refractivity contribution in [1.82, 2.24) is 35.3 Å². The number of hydrogen-bond acceptors (Lipinski definition) is 5. The molecule has 0 saturated carbocycles. The van der Waals surface area contributed by atoms with Crippen LogP contribution in [-0.4, -0.2) is 68.3 Å². The summed E-state index contributed by atoms with van der Waals surface area (Å²) in [5.41, 5.74) is -0.309. The van der Waals surface area contributed by atoms with Gasteiger partial charge in [-0.3, -0.25) is 0 Å². The molecule has 3 heterocycles. The molecule has 12 heteroatoms. The van der Waals surface area contributed by atoms with Crippen molar-refractivity contribution in [3.05, 3.63) is 40.7 Å². The van der Waals surface area contributed by atoms with E-state index in [9.17, 15) is 18.0 Å². The number of tetrazole rings is 1. The summed E-state index contributed by atoms with van der Waals surface area (Å²) in [5.74, 6) is 0. The number of likely N-dealkylation sites (tertiary alicyclic amines) is 2. The summed E-state index contributed by atoms with van der Waals surface area (Å²) in [5, 5.41) is 14.3. The molecule has 0 bridgehead atoms. The summed E-state index contributed by atoms with van der Waals surface area (Å²) in [6.45, 7) is 2.47. The van der Waals surface area contributed by atoms with Gasteiger partial charge in [0.25, 0.3) is 0 Å². The first-order valence-corrected chi connectivity index (χ1v) is 9.54. The van der Waals surface area contributed by atoms with E-state index in [0.717, 1.165) is 18.6 Å². The second kappa shape index (κ2) is 7.79. The Morgan fingerprint density at radius 3 is 2.69 bits per heavy atom. The molecule has 0 radical (unpaired) electrons. The minimum Gasteiger partial charge on any atom is -0.322 e. The zero-order valence-corrected chi connectivity index (χ0v) is 16.1. The zero-order valence-electron chi connectivity index (χ0n) is 15.3. The lowest BCUT2D eigenvalue weighted by molar-refractivity contribution is -0.137. The van der Waals surface area contributed by atoms with Crippen LogP contribution in [0, 0.1) is 0 Å². The number of halogens is 4. The van der Waals surface area contributed by atoms with Crippen molar-refractivity contribution < 1.29 is 18.0 Å². The molecule has 8 nitrogen and oxygen atoms in total. The Morgan fingerprint density at radius 2 is 2.00 bits per heavy atom. The van der Waals surface area contributed by atoms with Gasteiger partial charge in [0.15, 0.2) is 0 Å². The summed E-state index contributed by atoms with van der Waals surface area (Å²) >= 11 is 5.81. The normalized spacial score (nSPS) is 20.2. The first-order chi connectivity index (χ1) is 13.8. The van der Waals surface area contributed by atoms with E-state index in [-0.39, 0.29) is 29.7 Å². The van der Waals surface area contributed by atoms with Gasteiger partial charge in [0.05, 0.1) is 11.6 Å². The van der Waals surface area contributed by atoms with E-state index in [1.165, 1.54) is 6.07 Å². The highest BCUT2D eigenvalue weighted by atomic mass is 35.5. The fraction of sp³-hybridized carbons (Fsp3) is 0.529. The molecule has 156 valence electrons. The van der Waals surface area contributed by atoms with Crippen LogP contribution in [0.15, 0.2) is 24.5 Å². The average molecular weight is 430 g/mol. The van der Waals surface area contributed by atoms with E-state index in [2.05, 4.69) is 20.8 Å². The SMILES string of the molecule is O=C(N1CC(NCc2cc(Cl)cc(C(F)(F)F)c2)C1)N1CC[C@H](n2cnnn2)C1. The Bertz CT molecular complexity index is 870. The average Bonchev–Trinajstić information content (AvgIpc) is 3.30. The third kappa shape index (κ3) is 4.45. The highest BCUT2D eigenvalue weighted by molar-refractivity contribution is 6.30. The van der Waals surface area contributed by atoms with E-state index in [1.807, 2.05) is 0 Å². The van der Waals surface area contributed by atoms with E-state index in [1.54, 1.807) is 20.8 Å². The summed E-state index contributed by atoms with van der Waals surface area (Å²) in [4.78, 5) is 16.1. The van der Waals surface area contributed by atoms with Crippen LogP contribution in [0.3, 0.4) is 0 Å². The van der Waals surface area contributed by atoms with Gasteiger partial charge in [-0.15, -0.1) is 5.10 Å². The first-order valence-electron chi connectivity index (χ1n) is 9.16. The number of rotatable bonds is 4. The van der Waals surface area contributed by atoms with Crippen LogP contribution < -0.4 is 5.32 Å². The van der Waals surface area contributed by atoms with Crippen molar-refractivity contribution in [1.29, 1.82) is 0 Å². The molecule has 2 aliphatic rings. The van der Waals surface area contributed by atoms with Crippen molar-refractivity contribution in [2.75, 3.05) is 26.2 Å². The number of alkyl halides is 3. The molecular formula is C17H19ClF3N7O. The van der Waals surface area contributed by atoms with Crippen molar-refractivity contribution in [2.24, 2.45) is 0 Å². The number of hydrogen-bond donors (Lipinski definition) is 1. The van der Waals surface area contributed by atoms with E-state index < -0.39 is 11.7 Å². The van der Waals surface area contributed by atoms with E-state index >= 15 is 0 Å².